The van der Waals surface area contributed by atoms with Gasteiger partial charge in [-0.05, 0) is 22.0 Å². The molecule has 1 aromatic heterocycles. The van der Waals surface area contributed by atoms with Gasteiger partial charge in [0.25, 0.3) is 0 Å². The summed E-state index contributed by atoms with van der Waals surface area (Å²) in [5.74, 6) is 0.244. The number of carbonyl (C=O) groups is 1. The maximum Gasteiger partial charge on any atom is 0.232 e. The molecule has 0 aromatic carbocycles. The first kappa shape index (κ1) is 14.8. The number of nitrogens with one attached hydrogen (secondary N) is 1. The van der Waals surface area contributed by atoms with E-state index in [2.05, 4.69) is 21.2 Å². The molecule has 4 nitrogen and oxygen atoms in total. The number of hydrogen-bond acceptors (Lipinski definition) is 4. The van der Waals surface area contributed by atoms with Crippen LogP contribution in [-0.2, 0) is 26.9 Å². The first-order valence-electron chi connectivity index (χ1n) is 4.95. The van der Waals surface area contributed by atoms with Crippen molar-refractivity contribution in [2.24, 2.45) is 0 Å². The fourth-order valence-electron chi connectivity index (χ4n) is 1.08. The summed E-state index contributed by atoms with van der Waals surface area (Å²) in [6.45, 7) is 0.897. The average Bonchev–Trinajstić information content (AvgIpc) is 2.70. The Labute approximate surface area is 115 Å². The molecule has 0 spiro atoms. The van der Waals surface area contributed by atoms with Gasteiger partial charge in [-0.25, -0.2) is 0 Å². The van der Waals surface area contributed by atoms with Gasteiger partial charge in [0.1, 0.15) is 5.75 Å². The second-order valence-electron chi connectivity index (χ2n) is 3.29. The van der Waals surface area contributed by atoms with Crippen LogP contribution >= 0.6 is 27.3 Å². The molecule has 0 bridgehead atoms. The number of carbonyl (C=O) groups excluding carboxylic acids is 1. The molecule has 7 heteroatoms. The minimum Gasteiger partial charge on any atom is -0.384 e. The van der Waals surface area contributed by atoms with Crippen LogP contribution < -0.4 is 5.32 Å². The Morgan fingerprint density at radius 3 is 3.00 bits per heavy atom. The number of rotatable bonds is 7. The van der Waals surface area contributed by atoms with Gasteiger partial charge in [-0.3, -0.25) is 9.00 Å². The number of amides is 1. The Bertz CT molecular complexity index is 395. The molecule has 96 valence electrons. The molecule has 1 unspecified atom stereocenters. The molecule has 1 atom stereocenters. The lowest BCUT2D eigenvalue weighted by Gasteiger charge is -2.03. The van der Waals surface area contributed by atoms with Crippen molar-refractivity contribution >= 4 is 44.0 Å². The smallest absolute Gasteiger partial charge is 0.232 e. The highest BCUT2D eigenvalue weighted by molar-refractivity contribution is 9.10. The predicted molar refractivity (Wildman–Crippen MR) is 73.6 cm³/mol. The second-order valence-corrected chi connectivity index (χ2v) is 6.78. The standard InChI is InChI=1S/C10H14BrNO3S2/c1-15-2-3-17(14)7-10(13)12-5-9-4-8(11)6-16-9/h4,6H,2-3,5,7H2,1H3,(H,12,13). The summed E-state index contributed by atoms with van der Waals surface area (Å²) >= 11 is 4.91. The van der Waals surface area contributed by atoms with Gasteiger partial charge >= 0.3 is 0 Å². The Balaban J connectivity index is 2.23. The zero-order valence-corrected chi connectivity index (χ0v) is 12.6. The van der Waals surface area contributed by atoms with E-state index in [1.165, 1.54) is 0 Å². The summed E-state index contributed by atoms with van der Waals surface area (Å²) in [7, 11) is 0.402. The third-order valence-corrected chi connectivity index (χ3v) is 4.79. The lowest BCUT2D eigenvalue weighted by Crippen LogP contribution is -2.28. The monoisotopic (exact) mass is 339 g/mol. The maximum absolute atomic E-state index is 11.4. The van der Waals surface area contributed by atoms with E-state index < -0.39 is 10.8 Å². The van der Waals surface area contributed by atoms with E-state index in [1.54, 1.807) is 18.4 Å². The SMILES string of the molecule is COCCS(=O)CC(=O)NCc1cc(Br)cs1. The van der Waals surface area contributed by atoms with E-state index in [4.69, 9.17) is 4.74 Å². The van der Waals surface area contributed by atoms with Crippen LogP contribution in [0.2, 0.25) is 0 Å². The lowest BCUT2D eigenvalue weighted by atomic mass is 10.4. The predicted octanol–water partition coefficient (Wildman–Crippen LogP) is 1.52. The van der Waals surface area contributed by atoms with E-state index in [0.717, 1.165) is 9.35 Å². The molecular weight excluding hydrogens is 326 g/mol. The Kier molecular flexibility index (Phi) is 6.94. The van der Waals surface area contributed by atoms with Crippen LogP contribution in [0.5, 0.6) is 0 Å². The summed E-state index contributed by atoms with van der Waals surface area (Å²) in [6.07, 6.45) is 0. The van der Waals surface area contributed by atoms with Gasteiger partial charge in [-0.2, -0.15) is 0 Å². The fourth-order valence-corrected chi connectivity index (χ4v) is 3.36. The van der Waals surface area contributed by atoms with Crippen molar-refractivity contribution in [3.8, 4) is 0 Å². The molecule has 0 aliphatic carbocycles. The zero-order chi connectivity index (χ0) is 12.7. The van der Waals surface area contributed by atoms with Crippen LogP contribution in [0.3, 0.4) is 0 Å². The molecule has 0 aliphatic heterocycles. The minimum absolute atomic E-state index is 0.0376. The van der Waals surface area contributed by atoms with Crippen molar-refractivity contribution in [2.75, 3.05) is 25.2 Å². The highest BCUT2D eigenvalue weighted by Crippen LogP contribution is 2.19. The summed E-state index contributed by atoms with van der Waals surface area (Å²) < 4.78 is 17.2. The van der Waals surface area contributed by atoms with Crippen molar-refractivity contribution in [3.63, 3.8) is 0 Å². The molecule has 0 radical (unpaired) electrons. The van der Waals surface area contributed by atoms with E-state index in [9.17, 15) is 9.00 Å². The van der Waals surface area contributed by atoms with Gasteiger partial charge in [0.15, 0.2) is 0 Å². The van der Waals surface area contributed by atoms with Gasteiger partial charge in [-0.15, -0.1) is 11.3 Å². The fraction of sp³-hybridized carbons (Fsp3) is 0.500. The highest BCUT2D eigenvalue weighted by atomic mass is 79.9. The summed E-state index contributed by atoms with van der Waals surface area (Å²) in [5, 5.41) is 4.69. The van der Waals surface area contributed by atoms with Crippen LogP contribution in [0.1, 0.15) is 4.88 Å². The molecule has 1 rings (SSSR count). The number of methoxy groups -OCH3 is 1. The summed E-state index contributed by atoms with van der Waals surface area (Å²) in [4.78, 5) is 12.5. The van der Waals surface area contributed by atoms with Crippen molar-refractivity contribution in [3.05, 3.63) is 20.8 Å². The van der Waals surface area contributed by atoms with Crippen molar-refractivity contribution < 1.29 is 13.7 Å². The van der Waals surface area contributed by atoms with E-state index in [1.807, 2.05) is 11.4 Å². The van der Waals surface area contributed by atoms with Crippen molar-refractivity contribution in [2.45, 2.75) is 6.54 Å². The molecule has 1 aromatic rings. The molecule has 17 heavy (non-hydrogen) atoms. The van der Waals surface area contributed by atoms with Gasteiger partial charge in [0.2, 0.25) is 5.91 Å². The van der Waals surface area contributed by atoms with Crippen LogP contribution in [0, 0.1) is 0 Å². The van der Waals surface area contributed by atoms with E-state index in [-0.39, 0.29) is 11.7 Å². The average molecular weight is 340 g/mol. The Morgan fingerprint density at radius 1 is 1.65 bits per heavy atom. The molecule has 0 saturated carbocycles. The minimum atomic E-state index is -1.15. The summed E-state index contributed by atoms with van der Waals surface area (Å²) in [6, 6.07) is 1.95. The number of hydrogen-bond donors (Lipinski definition) is 1. The molecule has 0 aliphatic rings. The normalized spacial score (nSPS) is 12.4. The summed E-state index contributed by atoms with van der Waals surface area (Å²) in [5.41, 5.74) is 0. The lowest BCUT2D eigenvalue weighted by molar-refractivity contribution is -0.118. The molecule has 1 N–H and O–H groups in total. The van der Waals surface area contributed by atoms with Crippen LogP contribution in [0.4, 0.5) is 0 Å². The Morgan fingerprint density at radius 2 is 2.41 bits per heavy atom. The largest absolute Gasteiger partial charge is 0.384 e. The van der Waals surface area contributed by atoms with Crippen molar-refractivity contribution in [1.29, 1.82) is 0 Å². The van der Waals surface area contributed by atoms with Gasteiger partial charge < -0.3 is 10.1 Å². The molecule has 1 heterocycles. The van der Waals surface area contributed by atoms with Crippen LogP contribution in [-0.4, -0.2) is 35.3 Å². The highest BCUT2D eigenvalue weighted by Gasteiger charge is 2.08. The van der Waals surface area contributed by atoms with Gasteiger partial charge in [0, 0.05) is 38.4 Å². The molecule has 1 amide bonds. The molecule has 0 fully saturated rings. The van der Waals surface area contributed by atoms with E-state index >= 15 is 0 Å². The maximum atomic E-state index is 11.4. The van der Waals surface area contributed by atoms with Crippen molar-refractivity contribution in [1.82, 2.24) is 5.32 Å². The van der Waals surface area contributed by atoms with E-state index in [0.29, 0.717) is 18.9 Å². The van der Waals surface area contributed by atoms with Gasteiger partial charge in [0.05, 0.1) is 13.2 Å². The third kappa shape index (κ3) is 6.30. The second kappa shape index (κ2) is 7.97. The third-order valence-electron chi connectivity index (χ3n) is 1.89. The first-order chi connectivity index (χ1) is 8.11. The molecular formula is C10H14BrNO3S2. The molecule has 0 saturated heterocycles. The number of ether oxygens (including phenoxy) is 1. The zero-order valence-electron chi connectivity index (χ0n) is 9.40. The number of halogens is 1. The Hall–Kier alpha value is -0.240. The van der Waals surface area contributed by atoms with Gasteiger partial charge in [-0.1, -0.05) is 0 Å². The van der Waals surface area contributed by atoms with Crippen LogP contribution in [0.25, 0.3) is 0 Å². The van der Waals surface area contributed by atoms with Crippen LogP contribution in [0.15, 0.2) is 15.9 Å². The topological polar surface area (TPSA) is 55.4 Å². The number of thiophene rings is 1. The first-order valence-corrected chi connectivity index (χ1v) is 8.11. The quantitative estimate of drug-likeness (QED) is 0.819.